The van der Waals surface area contributed by atoms with Gasteiger partial charge in [0.15, 0.2) is 6.61 Å². The third-order valence-electron chi connectivity index (χ3n) is 5.10. The van der Waals surface area contributed by atoms with Crippen LogP contribution < -0.4 is 10.1 Å². The van der Waals surface area contributed by atoms with Gasteiger partial charge in [-0.2, -0.15) is 0 Å². The van der Waals surface area contributed by atoms with E-state index in [2.05, 4.69) is 5.32 Å². The van der Waals surface area contributed by atoms with Gasteiger partial charge in [-0.1, -0.05) is 48.5 Å². The van der Waals surface area contributed by atoms with Crippen LogP contribution in [0.2, 0.25) is 0 Å². The second kappa shape index (κ2) is 9.22. The second-order valence-electron chi connectivity index (χ2n) is 7.21. The van der Waals surface area contributed by atoms with Crippen LogP contribution in [0.3, 0.4) is 0 Å². The molecule has 1 aromatic heterocycles. The third kappa shape index (κ3) is 4.54. The molecule has 32 heavy (non-hydrogen) atoms. The highest BCUT2D eigenvalue weighted by Crippen LogP contribution is 2.30. The van der Waals surface area contributed by atoms with E-state index < -0.39 is 11.9 Å². The van der Waals surface area contributed by atoms with Crippen LogP contribution in [-0.2, 0) is 4.79 Å². The van der Waals surface area contributed by atoms with E-state index in [1.807, 2.05) is 54.6 Å². The Hall–Kier alpha value is -4.32. The van der Waals surface area contributed by atoms with E-state index in [-0.39, 0.29) is 17.9 Å². The molecule has 6 nitrogen and oxygen atoms in total. The zero-order valence-electron chi connectivity index (χ0n) is 17.4. The number of ether oxygens (including phenoxy) is 1. The molecular formula is C26H21NO5. The summed E-state index contributed by atoms with van der Waals surface area (Å²) in [6, 6.07) is 22.0. The molecule has 0 spiro atoms. The highest BCUT2D eigenvalue weighted by Gasteiger charge is 2.19. The number of carboxylic acids is 1. The molecule has 0 saturated carbocycles. The monoisotopic (exact) mass is 427 g/mol. The fraction of sp³-hybridized carbons (Fsp3) is 0.0769. The van der Waals surface area contributed by atoms with E-state index in [0.717, 1.165) is 22.3 Å². The first-order valence-corrected chi connectivity index (χ1v) is 10.0. The van der Waals surface area contributed by atoms with Crippen molar-refractivity contribution in [2.75, 3.05) is 11.9 Å². The third-order valence-corrected chi connectivity index (χ3v) is 5.10. The number of rotatable bonds is 7. The van der Waals surface area contributed by atoms with E-state index in [4.69, 9.17) is 9.15 Å². The van der Waals surface area contributed by atoms with Gasteiger partial charge in [-0.3, -0.25) is 4.79 Å². The number of amides is 1. The van der Waals surface area contributed by atoms with E-state index in [9.17, 15) is 14.7 Å². The molecule has 4 aromatic rings. The number of carbonyl (C=O) groups excluding carboxylic acids is 1. The van der Waals surface area contributed by atoms with Gasteiger partial charge in [0.1, 0.15) is 5.75 Å². The van der Waals surface area contributed by atoms with E-state index in [1.165, 1.54) is 0 Å². The summed E-state index contributed by atoms with van der Waals surface area (Å²) in [6.07, 6.45) is 3.21. The molecule has 0 fully saturated rings. The molecule has 0 radical (unpaired) electrons. The van der Waals surface area contributed by atoms with Crippen molar-refractivity contribution < 1.29 is 23.8 Å². The lowest BCUT2D eigenvalue weighted by Gasteiger charge is -2.15. The Morgan fingerprint density at radius 1 is 0.938 bits per heavy atom. The molecule has 0 bridgehead atoms. The molecule has 0 unspecified atom stereocenters. The first kappa shape index (κ1) is 20.9. The fourth-order valence-corrected chi connectivity index (χ4v) is 3.55. The molecule has 0 saturated heterocycles. The van der Waals surface area contributed by atoms with Crippen LogP contribution in [0.25, 0.3) is 22.3 Å². The number of anilines is 1. The van der Waals surface area contributed by atoms with Crippen LogP contribution in [-0.4, -0.2) is 23.6 Å². The summed E-state index contributed by atoms with van der Waals surface area (Å²) in [5.74, 6) is -1.04. The first-order valence-electron chi connectivity index (χ1n) is 10.0. The summed E-state index contributed by atoms with van der Waals surface area (Å²) < 4.78 is 10.7. The lowest BCUT2D eigenvalue weighted by molar-refractivity contribution is -0.118. The Bertz CT molecular complexity index is 1250. The predicted molar refractivity (Wildman–Crippen MR) is 122 cm³/mol. The number of hydrogen-bond acceptors (Lipinski definition) is 4. The number of aromatic carboxylic acids is 1. The van der Waals surface area contributed by atoms with Gasteiger partial charge in [-0.25, -0.2) is 4.79 Å². The van der Waals surface area contributed by atoms with Crippen molar-refractivity contribution >= 4 is 17.6 Å². The molecule has 4 rings (SSSR count). The Morgan fingerprint density at radius 2 is 1.72 bits per heavy atom. The van der Waals surface area contributed by atoms with Crippen molar-refractivity contribution in [1.82, 2.24) is 0 Å². The largest absolute Gasteiger partial charge is 0.484 e. The topological polar surface area (TPSA) is 88.8 Å². The van der Waals surface area contributed by atoms with Crippen molar-refractivity contribution in [3.05, 3.63) is 96.4 Å². The number of nitrogens with one attached hydrogen (secondary N) is 1. The van der Waals surface area contributed by atoms with Gasteiger partial charge in [0.2, 0.25) is 0 Å². The summed E-state index contributed by atoms with van der Waals surface area (Å²) in [7, 11) is 0. The summed E-state index contributed by atoms with van der Waals surface area (Å²) in [6.45, 7) is 1.48. The van der Waals surface area contributed by atoms with Gasteiger partial charge in [0.05, 0.1) is 23.8 Å². The maximum Gasteiger partial charge on any atom is 0.338 e. The minimum absolute atomic E-state index is 0.0571. The van der Waals surface area contributed by atoms with Crippen LogP contribution in [0.4, 0.5) is 5.69 Å². The maximum atomic E-state index is 12.5. The van der Waals surface area contributed by atoms with Crippen LogP contribution in [0.15, 0.2) is 89.7 Å². The van der Waals surface area contributed by atoms with Crippen molar-refractivity contribution in [2.24, 2.45) is 0 Å². The number of carboxylic acid groups (broad SMARTS) is 1. The van der Waals surface area contributed by atoms with Gasteiger partial charge in [0, 0.05) is 5.56 Å². The van der Waals surface area contributed by atoms with Gasteiger partial charge in [0.25, 0.3) is 5.91 Å². The van der Waals surface area contributed by atoms with Gasteiger partial charge >= 0.3 is 5.97 Å². The molecule has 1 amide bonds. The van der Waals surface area contributed by atoms with E-state index in [0.29, 0.717) is 11.3 Å². The minimum Gasteiger partial charge on any atom is -0.484 e. The van der Waals surface area contributed by atoms with Crippen LogP contribution >= 0.6 is 0 Å². The number of hydrogen-bond donors (Lipinski definition) is 2. The Morgan fingerprint density at radius 3 is 2.44 bits per heavy atom. The highest BCUT2D eigenvalue weighted by molar-refractivity contribution is 6.03. The molecule has 3 aromatic carbocycles. The fourth-order valence-electron chi connectivity index (χ4n) is 3.55. The number of carbonyl (C=O) groups is 2. The molecule has 1 heterocycles. The zero-order chi connectivity index (χ0) is 22.5. The van der Waals surface area contributed by atoms with Crippen molar-refractivity contribution in [2.45, 2.75) is 6.92 Å². The van der Waals surface area contributed by atoms with Crippen molar-refractivity contribution in [1.29, 1.82) is 0 Å². The summed E-state index contributed by atoms with van der Waals surface area (Å²) in [5.41, 5.74) is 4.38. The molecule has 0 aliphatic rings. The average molecular weight is 427 g/mol. The number of benzene rings is 3. The summed E-state index contributed by atoms with van der Waals surface area (Å²) >= 11 is 0. The lowest BCUT2D eigenvalue weighted by atomic mass is 9.95. The normalized spacial score (nSPS) is 10.5. The molecule has 0 aliphatic carbocycles. The quantitative estimate of drug-likeness (QED) is 0.399. The van der Waals surface area contributed by atoms with Gasteiger partial charge in [-0.05, 0) is 53.4 Å². The molecule has 6 heteroatoms. The SMILES string of the molecule is Cc1c(-c2ccccc2)ccc(NC(=O)COc2cccc(-c3ccoc3)c2)c1C(=O)O. The molecular weight excluding hydrogens is 406 g/mol. The first-order chi connectivity index (χ1) is 15.5. The average Bonchev–Trinajstić information content (AvgIpc) is 3.33. The Kier molecular flexibility index (Phi) is 6.03. The molecule has 0 atom stereocenters. The number of furan rings is 1. The van der Waals surface area contributed by atoms with Crippen LogP contribution in [0.1, 0.15) is 15.9 Å². The zero-order valence-corrected chi connectivity index (χ0v) is 17.4. The predicted octanol–water partition coefficient (Wildman–Crippen LogP) is 5.64. The minimum atomic E-state index is -1.11. The van der Waals surface area contributed by atoms with Crippen molar-refractivity contribution in [3.8, 4) is 28.0 Å². The smallest absolute Gasteiger partial charge is 0.338 e. The van der Waals surface area contributed by atoms with Crippen LogP contribution in [0, 0.1) is 6.92 Å². The van der Waals surface area contributed by atoms with Gasteiger partial charge in [-0.15, -0.1) is 0 Å². The van der Waals surface area contributed by atoms with Gasteiger partial charge < -0.3 is 19.6 Å². The van der Waals surface area contributed by atoms with E-state index >= 15 is 0 Å². The Labute approximate surface area is 185 Å². The summed E-state index contributed by atoms with van der Waals surface area (Å²) in [4.78, 5) is 24.4. The summed E-state index contributed by atoms with van der Waals surface area (Å²) in [5, 5.41) is 12.4. The lowest BCUT2D eigenvalue weighted by Crippen LogP contribution is -2.22. The van der Waals surface area contributed by atoms with E-state index in [1.54, 1.807) is 37.6 Å². The standard InChI is InChI=1S/C26H21NO5/c1-17-22(18-6-3-2-4-7-18)10-11-23(25(17)26(29)30)27-24(28)16-32-21-9-5-8-19(14-21)20-12-13-31-15-20/h2-15H,16H2,1H3,(H,27,28)(H,29,30). The van der Waals surface area contributed by atoms with Crippen LogP contribution in [0.5, 0.6) is 5.75 Å². The molecule has 0 aliphatic heterocycles. The molecule has 160 valence electrons. The van der Waals surface area contributed by atoms with Crippen molar-refractivity contribution in [3.63, 3.8) is 0 Å². The Balaban J connectivity index is 1.49. The maximum absolute atomic E-state index is 12.5. The highest BCUT2D eigenvalue weighted by atomic mass is 16.5. The second-order valence-corrected chi connectivity index (χ2v) is 7.21. The molecule has 2 N–H and O–H groups in total.